The number of fused-ring (bicyclic) bond motifs is 1. The standard InChI is InChI=1S/C19H22N9O6PS2/c1-2-34-24-11(14-23-19(37-26-14)25-35(20,21)33)15(29)22-12-16(30)28-13(18(31)32)10(9-36-17(12)28)8-27-6-4-3-5-7-27/h3-7,12,17H,2,8-9H2,1H3,(H6-,20,21,22,23,25,26,29,31,32,33)/p+1/t12?,17-/m0/s1. The Morgan fingerprint density at radius 3 is 2.73 bits per heavy atom. The maximum Gasteiger partial charge on any atom is 0.352 e. The maximum atomic E-state index is 13.1. The summed E-state index contributed by atoms with van der Waals surface area (Å²) in [6.07, 6.45) is 3.60. The van der Waals surface area contributed by atoms with Crippen LogP contribution in [0.5, 0.6) is 0 Å². The molecule has 0 bridgehead atoms. The Hall–Kier alpha value is -3.37. The van der Waals surface area contributed by atoms with Crippen LogP contribution >= 0.6 is 30.9 Å². The second-order valence-electron chi connectivity index (χ2n) is 7.77. The number of aliphatic carboxylic acids is 1. The van der Waals surface area contributed by atoms with Gasteiger partial charge in [0.2, 0.25) is 16.7 Å². The predicted octanol–water partition coefficient (Wildman–Crippen LogP) is -0.558. The Kier molecular flexibility index (Phi) is 7.89. The van der Waals surface area contributed by atoms with E-state index in [1.165, 1.54) is 16.7 Å². The number of thioether (sulfide) groups is 1. The van der Waals surface area contributed by atoms with E-state index in [1.807, 2.05) is 22.8 Å². The van der Waals surface area contributed by atoms with Crippen LogP contribution in [0.4, 0.5) is 5.13 Å². The summed E-state index contributed by atoms with van der Waals surface area (Å²) in [5.74, 6) is -2.43. The van der Waals surface area contributed by atoms with Gasteiger partial charge in [-0.15, -0.1) is 11.8 Å². The van der Waals surface area contributed by atoms with Crippen molar-refractivity contribution in [2.45, 2.75) is 24.9 Å². The van der Waals surface area contributed by atoms with Gasteiger partial charge in [-0.25, -0.2) is 9.36 Å². The number of anilines is 1. The molecular formula is C19H23N9O6PS2+. The first kappa shape index (κ1) is 26.7. The number of hydrogen-bond acceptors (Lipinski definition) is 10. The number of carbonyl (C=O) groups is 3. The number of nitrogens with zero attached hydrogens (tertiary/aromatic N) is 5. The van der Waals surface area contributed by atoms with Crippen molar-refractivity contribution in [3.63, 3.8) is 0 Å². The van der Waals surface area contributed by atoms with E-state index in [0.29, 0.717) is 17.9 Å². The zero-order chi connectivity index (χ0) is 26.7. The van der Waals surface area contributed by atoms with Crippen molar-refractivity contribution in [1.82, 2.24) is 19.6 Å². The molecule has 196 valence electrons. The molecule has 2 aliphatic heterocycles. The van der Waals surface area contributed by atoms with Crippen LogP contribution in [-0.4, -0.2) is 66.6 Å². The maximum absolute atomic E-state index is 13.1. The molecule has 2 aliphatic rings. The second kappa shape index (κ2) is 10.9. The molecule has 2 aromatic rings. The molecule has 4 rings (SSSR count). The molecule has 1 saturated heterocycles. The SMILES string of the molecule is CCON=C(C(=O)NC1C(=O)N2C(C(=O)O)=C(C[n+]3ccccc3)CS[C@@H]12)c1nsc(NP(N)(N)=O)n1. The number of carboxylic acids is 1. The summed E-state index contributed by atoms with van der Waals surface area (Å²) < 4.78 is 17.4. The van der Waals surface area contributed by atoms with E-state index < -0.39 is 36.8 Å². The molecule has 0 aliphatic carbocycles. The predicted molar refractivity (Wildman–Crippen MR) is 134 cm³/mol. The lowest BCUT2D eigenvalue weighted by molar-refractivity contribution is -0.689. The first-order chi connectivity index (χ1) is 17.6. The first-order valence-electron chi connectivity index (χ1n) is 10.7. The summed E-state index contributed by atoms with van der Waals surface area (Å²) in [6, 6.07) is 4.48. The molecule has 1 unspecified atom stereocenters. The van der Waals surface area contributed by atoms with E-state index in [-0.39, 0.29) is 29.0 Å². The number of amides is 2. The van der Waals surface area contributed by atoms with Gasteiger partial charge < -0.3 is 15.3 Å². The van der Waals surface area contributed by atoms with Gasteiger partial charge in [-0.2, -0.15) is 9.36 Å². The normalized spacial score (nSPS) is 19.7. The van der Waals surface area contributed by atoms with Gasteiger partial charge in [-0.3, -0.25) is 35.1 Å². The molecule has 2 aromatic heterocycles. The van der Waals surface area contributed by atoms with E-state index in [4.69, 9.17) is 15.8 Å². The highest BCUT2D eigenvalue weighted by Crippen LogP contribution is 2.40. The average Bonchev–Trinajstić information content (AvgIpc) is 3.29. The van der Waals surface area contributed by atoms with Gasteiger partial charge in [0.25, 0.3) is 19.4 Å². The van der Waals surface area contributed by atoms with Crippen LogP contribution < -0.4 is 26.0 Å². The molecule has 15 nitrogen and oxygen atoms in total. The fraction of sp³-hybridized carbons (Fsp3) is 0.316. The minimum Gasteiger partial charge on any atom is -0.477 e. The number of hydrogen-bond donors (Lipinski definition) is 5. The molecule has 37 heavy (non-hydrogen) atoms. The minimum atomic E-state index is -3.65. The smallest absolute Gasteiger partial charge is 0.352 e. The third-order valence-corrected chi connectivity index (χ3v) is 7.78. The average molecular weight is 569 g/mol. The van der Waals surface area contributed by atoms with Crippen LogP contribution in [0.2, 0.25) is 0 Å². The Morgan fingerprint density at radius 1 is 1.35 bits per heavy atom. The molecule has 1 fully saturated rings. The Labute approximate surface area is 218 Å². The van der Waals surface area contributed by atoms with Gasteiger partial charge in [-0.05, 0) is 6.92 Å². The summed E-state index contributed by atoms with van der Waals surface area (Å²) in [7, 11) is -3.65. The van der Waals surface area contributed by atoms with Gasteiger partial charge in [0.05, 0.1) is 0 Å². The summed E-state index contributed by atoms with van der Waals surface area (Å²) in [5, 5.41) is 17.9. The highest BCUT2D eigenvalue weighted by Gasteiger charge is 2.54. The highest BCUT2D eigenvalue weighted by atomic mass is 32.2. The van der Waals surface area contributed by atoms with Crippen molar-refractivity contribution in [1.29, 1.82) is 0 Å². The summed E-state index contributed by atoms with van der Waals surface area (Å²) in [6.45, 7) is 2.09. The monoisotopic (exact) mass is 568 g/mol. The van der Waals surface area contributed by atoms with Crippen LogP contribution in [-0.2, 0) is 30.3 Å². The van der Waals surface area contributed by atoms with Crippen molar-refractivity contribution in [3.8, 4) is 0 Å². The topological polar surface area (TPSA) is 219 Å². The van der Waals surface area contributed by atoms with Gasteiger partial charge >= 0.3 is 5.97 Å². The Morgan fingerprint density at radius 2 is 2.08 bits per heavy atom. The van der Waals surface area contributed by atoms with E-state index >= 15 is 0 Å². The zero-order valence-electron chi connectivity index (χ0n) is 19.3. The van der Waals surface area contributed by atoms with Gasteiger partial charge in [0, 0.05) is 35.0 Å². The van der Waals surface area contributed by atoms with Crippen molar-refractivity contribution < 1.29 is 33.5 Å². The molecule has 4 heterocycles. The van der Waals surface area contributed by atoms with Crippen LogP contribution in [0.15, 0.2) is 47.0 Å². The minimum absolute atomic E-state index is 0.00545. The van der Waals surface area contributed by atoms with Gasteiger partial charge in [0.15, 0.2) is 18.9 Å². The Balaban J connectivity index is 1.52. The molecule has 2 amide bonds. The lowest BCUT2D eigenvalue weighted by Gasteiger charge is -2.49. The molecule has 7 N–H and O–H groups in total. The van der Waals surface area contributed by atoms with E-state index in [9.17, 15) is 24.1 Å². The number of rotatable bonds is 10. The van der Waals surface area contributed by atoms with Crippen molar-refractivity contribution in [3.05, 3.63) is 47.7 Å². The van der Waals surface area contributed by atoms with Crippen LogP contribution in [0.1, 0.15) is 12.7 Å². The molecule has 0 aromatic carbocycles. The summed E-state index contributed by atoms with van der Waals surface area (Å²) in [5.41, 5.74) is 10.7. The van der Waals surface area contributed by atoms with Gasteiger partial charge in [-0.1, -0.05) is 11.2 Å². The summed E-state index contributed by atoms with van der Waals surface area (Å²) >= 11 is 2.08. The largest absolute Gasteiger partial charge is 0.477 e. The molecule has 0 saturated carbocycles. The number of carboxylic acid groups (broad SMARTS) is 1. The van der Waals surface area contributed by atoms with Crippen LogP contribution in [0.25, 0.3) is 0 Å². The van der Waals surface area contributed by atoms with Crippen molar-refractivity contribution in [2.75, 3.05) is 17.4 Å². The second-order valence-corrected chi connectivity index (χ2v) is 11.3. The number of pyridine rings is 1. The third kappa shape index (κ3) is 5.97. The number of oxime groups is 1. The quantitative estimate of drug-likeness (QED) is 0.0801. The fourth-order valence-corrected chi connectivity index (χ4v) is 6.31. The molecule has 18 heteroatoms. The molecule has 2 atom stereocenters. The zero-order valence-corrected chi connectivity index (χ0v) is 21.8. The first-order valence-corrected chi connectivity index (χ1v) is 14.4. The lowest BCUT2D eigenvalue weighted by Crippen LogP contribution is -2.71. The highest BCUT2D eigenvalue weighted by molar-refractivity contribution is 8.00. The summed E-state index contributed by atoms with van der Waals surface area (Å²) in [4.78, 5) is 48.3. The molecular weight excluding hydrogens is 545 g/mol. The van der Waals surface area contributed by atoms with E-state index in [1.54, 1.807) is 19.3 Å². The number of nitrogens with one attached hydrogen (secondary N) is 2. The van der Waals surface area contributed by atoms with E-state index in [0.717, 1.165) is 11.5 Å². The van der Waals surface area contributed by atoms with Crippen molar-refractivity contribution in [2.24, 2.45) is 16.2 Å². The molecule has 0 spiro atoms. The molecule has 0 radical (unpaired) electrons. The Bertz CT molecular complexity index is 1330. The van der Waals surface area contributed by atoms with Gasteiger partial charge in [0.1, 0.15) is 23.7 Å². The fourth-order valence-electron chi connectivity index (χ4n) is 3.60. The third-order valence-electron chi connectivity index (χ3n) is 5.10. The number of β-lactam (4-membered cyclic amide) rings is 1. The number of carbonyl (C=O) groups excluding carboxylic acids is 2. The lowest BCUT2D eigenvalue weighted by atomic mass is 10.0. The van der Waals surface area contributed by atoms with E-state index in [2.05, 4.69) is 24.9 Å². The number of nitrogens with two attached hydrogens (primary N) is 2. The van der Waals surface area contributed by atoms with Crippen LogP contribution in [0, 0.1) is 0 Å². The van der Waals surface area contributed by atoms with Crippen LogP contribution in [0.3, 0.4) is 0 Å². The number of aromatic nitrogens is 3. The van der Waals surface area contributed by atoms with Crippen molar-refractivity contribution >= 4 is 59.5 Å².